The third-order valence-electron chi connectivity index (χ3n) is 2.81. The van der Waals surface area contributed by atoms with E-state index in [1.165, 1.54) is 24.3 Å². The van der Waals surface area contributed by atoms with E-state index < -0.39 is 21.9 Å². The second kappa shape index (κ2) is 6.04. The smallest absolute Gasteiger partial charge is 0.345 e. The van der Waals surface area contributed by atoms with Gasteiger partial charge in [-0.05, 0) is 32.9 Å². The van der Waals surface area contributed by atoms with Crippen molar-refractivity contribution in [1.29, 1.82) is 0 Å². The Balaban J connectivity index is 2.30. The molecule has 7 nitrogen and oxygen atoms in total. The summed E-state index contributed by atoms with van der Waals surface area (Å²) < 4.78 is 10.4. The van der Waals surface area contributed by atoms with Crippen molar-refractivity contribution >= 4 is 11.7 Å². The number of nitrogens with zero attached hydrogens (tertiary/aromatic N) is 1. The summed E-state index contributed by atoms with van der Waals surface area (Å²) in [7, 11) is 0. The average Bonchev–Trinajstić information content (AvgIpc) is 2.45. The molecule has 0 spiro atoms. The van der Waals surface area contributed by atoms with Crippen LogP contribution in [0.5, 0.6) is 0 Å². The van der Waals surface area contributed by atoms with Crippen LogP contribution in [-0.4, -0.2) is 16.5 Å². The molecule has 0 unspecified atom stereocenters. The standard InChI is InChI=1S/C16H15NO6/c1-16(2,3)23-15(19)12-9-22-14(8-13(12)18)10-4-6-11(7-5-10)17(20)21/h4-9H,1-3H3. The maximum absolute atomic E-state index is 12.0. The van der Waals surface area contributed by atoms with Crippen molar-refractivity contribution in [3.8, 4) is 11.3 Å². The van der Waals surface area contributed by atoms with E-state index in [1.54, 1.807) is 20.8 Å². The molecule has 120 valence electrons. The molecular formula is C16H15NO6. The van der Waals surface area contributed by atoms with Gasteiger partial charge in [0.15, 0.2) is 5.43 Å². The molecule has 0 N–H and O–H groups in total. The van der Waals surface area contributed by atoms with Gasteiger partial charge in [-0.15, -0.1) is 0 Å². The third-order valence-corrected chi connectivity index (χ3v) is 2.81. The number of non-ortho nitro benzene ring substituents is 1. The minimum absolute atomic E-state index is 0.0681. The van der Waals surface area contributed by atoms with Crippen LogP contribution in [-0.2, 0) is 4.74 Å². The van der Waals surface area contributed by atoms with E-state index in [1.807, 2.05) is 0 Å². The monoisotopic (exact) mass is 317 g/mol. The maximum atomic E-state index is 12.0. The molecular weight excluding hydrogens is 302 g/mol. The van der Waals surface area contributed by atoms with Crippen LogP contribution in [0.1, 0.15) is 31.1 Å². The Morgan fingerprint density at radius 2 is 1.83 bits per heavy atom. The highest BCUT2D eigenvalue weighted by atomic mass is 16.6. The second-order valence-corrected chi connectivity index (χ2v) is 5.83. The van der Waals surface area contributed by atoms with Crippen LogP contribution >= 0.6 is 0 Å². The van der Waals surface area contributed by atoms with E-state index in [2.05, 4.69) is 0 Å². The van der Waals surface area contributed by atoms with Gasteiger partial charge in [0, 0.05) is 23.8 Å². The number of carbonyl (C=O) groups is 1. The summed E-state index contributed by atoms with van der Waals surface area (Å²) in [6.07, 6.45) is 1.03. The van der Waals surface area contributed by atoms with E-state index >= 15 is 0 Å². The first-order valence-electron chi connectivity index (χ1n) is 6.78. The maximum Gasteiger partial charge on any atom is 0.345 e. The first-order chi connectivity index (χ1) is 10.7. The van der Waals surface area contributed by atoms with Crippen molar-refractivity contribution in [2.24, 2.45) is 0 Å². The summed E-state index contributed by atoms with van der Waals surface area (Å²) in [4.78, 5) is 34.0. The molecule has 0 atom stereocenters. The SMILES string of the molecule is CC(C)(C)OC(=O)c1coc(-c2ccc([N+](=O)[O-])cc2)cc1=O. The lowest BCUT2D eigenvalue weighted by Crippen LogP contribution is -2.27. The minimum atomic E-state index is -0.763. The highest BCUT2D eigenvalue weighted by molar-refractivity contribution is 5.89. The van der Waals surface area contributed by atoms with Crippen molar-refractivity contribution in [1.82, 2.24) is 0 Å². The zero-order valence-electron chi connectivity index (χ0n) is 12.9. The van der Waals surface area contributed by atoms with Gasteiger partial charge in [-0.25, -0.2) is 4.79 Å². The fourth-order valence-corrected chi connectivity index (χ4v) is 1.79. The van der Waals surface area contributed by atoms with Gasteiger partial charge in [0.1, 0.15) is 23.2 Å². The van der Waals surface area contributed by atoms with Crippen LogP contribution in [0.2, 0.25) is 0 Å². The van der Waals surface area contributed by atoms with E-state index in [9.17, 15) is 19.7 Å². The number of nitro benzene ring substituents is 1. The van der Waals surface area contributed by atoms with Gasteiger partial charge in [0.25, 0.3) is 5.69 Å². The van der Waals surface area contributed by atoms with Gasteiger partial charge in [0.2, 0.25) is 0 Å². The van der Waals surface area contributed by atoms with E-state index in [4.69, 9.17) is 9.15 Å². The summed E-state index contributed by atoms with van der Waals surface area (Å²) >= 11 is 0. The van der Waals surface area contributed by atoms with E-state index in [0.717, 1.165) is 12.3 Å². The van der Waals surface area contributed by atoms with Crippen LogP contribution in [0, 0.1) is 10.1 Å². The lowest BCUT2D eigenvalue weighted by molar-refractivity contribution is -0.384. The molecule has 0 aliphatic rings. The van der Waals surface area contributed by atoms with Gasteiger partial charge in [-0.3, -0.25) is 14.9 Å². The Morgan fingerprint density at radius 3 is 2.30 bits per heavy atom. The zero-order chi connectivity index (χ0) is 17.2. The molecule has 23 heavy (non-hydrogen) atoms. The molecule has 0 aliphatic carbocycles. The molecule has 1 aromatic heterocycles. The van der Waals surface area contributed by atoms with Gasteiger partial charge >= 0.3 is 5.97 Å². The van der Waals surface area contributed by atoms with Crippen molar-refractivity contribution < 1.29 is 18.9 Å². The minimum Gasteiger partial charge on any atom is -0.463 e. The topological polar surface area (TPSA) is 99.7 Å². The molecule has 2 aromatic rings. The van der Waals surface area contributed by atoms with E-state index in [-0.39, 0.29) is 17.0 Å². The normalized spacial score (nSPS) is 11.1. The Bertz CT molecular complexity index is 799. The van der Waals surface area contributed by atoms with Crippen LogP contribution in [0.25, 0.3) is 11.3 Å². The molecule has 7 heteroatoms. The number of carbonyl (C=O) groups excluding carboxylic acids is 1. The Hall–Kier alpha value is -2.96. The van der Waals surface area contributed by atoms with Crippen molar-refractivity contribution in [3.05, 3.63) is 62.5 Å². The number of ether oxygens (including phenoxy) is 1. The largest absolute Gasteiger partial charge is 0.463 e. The fourth-order valence-electron chi connectivity index (χ4n) is 1.79. The molecule has 0 radical (unpaired) electrons. The highest BCUT2D eigenvalue weighted by Gasteiger charge is 2.21. The van der Waals surface area contributed by atoms with Crippen LogP contribution in [0.15, 0.2) is 45.8 Å². The number of nitro groups is 1. The Labute approximate surface area is 131 Å². The predicted molar refractivity (Wildman–Crippen MR) is 82.2 cm³/mol. The first-order valence-corrected chi connectivity index (χ1v) is 6.78. The number of esters is 1. The second-order valence-electron chi connectivity index (χ2n) is 5.83. The number of hydrogen-bond donors (Lipinski definition) is 0. The van der Waals surface area contributed by atoms with Crippen molar-refractivity contribution in [2.75, 3.05) is 0 Å². The summed E-state index contributed by atoms with van der Waals surface area (Å²) in [5.41, 5.74) is -1.05. The van der Waals surface area contributed by atoms with Crippen LogP contribution in [0.3, 0.4) is 0 Å². The molecule has 1 aromatic carbocycles. The summed E-state index contributed by atoms with van der Waals surface area (Å²) in [5, 5.41) is 10.6. The average molecular weight is 317 g/mol. The number of rotatable bonds is 3. The summed E-state index contributed by atoms with van der Waals surface area (Å²) in [5.74, 6) is -0.557. The van der Waals surface area contributed by atoms with Crippen LogP contribution < -0.4 is 5.43 Å². The molecule has 1 heterocycles. The van der Waals surface area contributed by atoms with Gasteiger partial charge in [-0.1, -0.05) is 0 Å². The number of benzene rings is 1. The summed E-state index contributed by atoms with van der Waals surface area (Å²) in [6.45, 7) is 5.08. The lowest BCUT2D eigenvalue weighted by Gasteiger charge is -2.18. The predicted octanol–water partition coefficient (Wildman–Crippen LogP) is 3.17. The molecule has 0 saturated heterocycles. The molecule has 0 amide bonds. The quantitative estimate of drug-likeness (QED) is 0.489. The van der Waals surface area contributed by atoms with Gasteiger partial charge in [0.05, 0.1) is 4.92 Å². The van der Waals surface area contributed by atoms with Gasteiger partial charge < -0.3 is 9.15 Å². The lowest BCUT2D eigenvalue weighted by atomic mass is 10.1. The number of hydrogen-bond acceptors (Lipinski definition) is 6. The third kappa shape index (κ3) is 4.03. The molecule has 0 aliphatic heterocycles. The van der Waals surface area contributed by atoms with Crippen LogP contribution in [0.4, 0.5) is 5.69 Å². The molecule has 2 rings (SSSR count). The van der Waals surface area contributed by atoms with Gasteiger partial charge in [-0.2, -0.15) is 0 Å². The molecule has 0 saturated carbocycles. The van der Waals surface area contributed by atoms with Crippen molar-refractivity contribution in [3.63, 3.8) is 0 Å². The zero-order valence-corrected chi connectivity index (χ0v) is 12.9. The Kier molecular flexibility index (Phi) is 4.31. The Morgan fingerprint density at radius 1 is 1.22 bits per heavy atom. The van der Waals surface area contributed by atoms with Crippen molar-refractivity contribution in [2.45, 2.75) is 26.4 Å². The highest BCUT2D eigenvalue weighted by Crippen LogP contribution is 2.22. The van der Waals surface area contributed by atoms with E-state index in [0.29, 0.717) is 5.56 Å². The first kappa shape index (κ1) is 16.4. The fraction of sp³-hybridized carbons (Fsp3) is 0.250. The molecule has 0 bridgehead atoms. The summed E-state index contributed by atoms with van der Waals surface area (Å²) in [6, 6.07) is 6.68. The molecule has 0 fully saturated rings.